The highest BCUT2D eigenvalue weighted by Gasteiger charge is 2.61. The summed E-state index contributed by atoms with van der Waals surface area (Å²) in [6.07, 6.45) is 4.49. The standard InChI is InChI=1S/C31H38N6O4S/c1-29(2)12-20(29)26(38)37-16-31(17-37)15-36(27(39)23-13-32-18-42-23)14-21(31)25-34-35-28(41-25)30(3,4)24-7-5-6-22(33-24)19-8-10-40-11-9-19/h5-7,13,18-21H,8-12,14-17H2,1-4H3/t20-,21?/m1/s1. The van der Waals surface area contributed by atoms with E-state index in [1.54, 1.807) is 11.7 Å². The zero-order chi connectivity index (χ0) is 29.3. The normalized spacial score (nSPS) is 25.0. The molecule has 2 atom stereocenters. The average Bonchev–Trinajstić information content (AvgIpc) is 3.51. The molecular weight excluding hydrogens is 552 g/mol. The number of amides is 2. The van der Waals surface area contributed by atoms with Crippen LogP contribution in [0.1, 0.15) is 91.6 Å². The van der Waals surface area contributed by atoms with E-state index in [2.05, 4.69) is 55.0 Å². The highest BCUT2D eigenvalue weighted by molar-refractivity contribution is 7.11. The Morgan fingerprint density at radius 1 is 1.07 bits per heavy atom. The van der Waals surface area contributed by atoms with Gasteiger partial charge in [-0.05, 0) is 50.7 Å². The molecule has 0 bridgehead atoms. The number of carbonyl (C=O) groups excluding carboxylic acids is 2. The minimum atomic E-state index is -0.602. The molecule has 0 radical (unpaired) electrons. The summed E-state index contributed by atoms with van der Waals surface area (Å²) in [6.45, 7) is 12.1. The molecule has 3 aliphatic heterocycles. The first-order valence-corrected chi connectivity index (χ1v) is 15.8. The lowest BCUT2D eigenvalue weighted by Gasteiger charge is -2.50. The number of thiazole rings is 1. The first kappa shape index (κ1) is 27.6. The zero-order valence-corrected chi connectivity index (χ0v) is 25.5. The third kappa shape index (κ3) is 4.65. The van der Waals surface area contributed by atoms with Crippen LogP contribution in [0.25, 0.3) is 0 Å². The van der Waals surface area contributed by atoms with Gasteiger partial charge in [-0.25, -0.2) is 0 Å². The maximum absolute atomic E-state index is 13.4. The predicted octanol–water partition coefficient (Wildman–Crippen LogP) is 4.26. The van der Waals surface area contributed by atoms with Crippen LogP contribution < -0.4 is 0 Å². The van der Waals surface area contributed by atoms with Crippen LogP contribution in [0.3, 0.4) is 0 Å². The summed E-state index contributed by atoms with van der Waals surface area (Å²) >= 11 is 1.34. The third-order valence-corrected chi connectivity index (χ3v) is 10.8. The number of hydrogen-bond acceptors (Lipinski definition) is 9. The molecule has 10 nitrogen and oxygen atoms in total. The van der Waals surface area contributed by atoms with Gasteiger partial charge in [-0.1, -0.05) is 19.9 Å². The van der Waals surface area contributed by atoms with Crippen molar-refractivity contribution in [1.29, 1.82) is 0 Å². The lowest BCUT2D eigenvalue weighted by Crippen LogP contribution is -2.62. The topological polar surface area (TPSA) is 115 Å². The van der Waals surface area contributed by atoms with Gasteiger partial charge in [0, 0.05) is 62.3 Å². The summed E-state index contributed by atoms with van der Waals surface area (Å²) in [6, 6.07) is 6.17. The first-order chi connectivity index (χ1) is 20.1. The van der Waals surface area contributed by atoms with Gasteiger partial charge in [0.05, 0.1) is 28.7 Å². The van der Waals surface area contributed by atoms with Crippen molar-refractivity contribution in [3.8, 4) is 0 Å². The maximum Gasteiger partial charge on any atom is 0.265 e. The van der Waals surface area contributed by atoms with E-state index in [1.807, 2.05) is 15.9 Å². The van der Waals surface area contributed by atoms with Crippen molar-refractivity contribution in [2.24, 2.45) is 16.7 Å². The minimum absolute atomic E-state index is 0.0401. The molecule has 2 amide bonds. The Morgan fingerprint density at radius 3 is 2.50 bits per heavy atom. The van der Waals surface area contributed by atoms with E-state index in [-0.39, 0.29) is 34.5 Å². The van der Waals surface area contributed by atoms with Gasteiger partial charge >= 0.3 is 0 Å². The van der Waals surface area contributed by atoms with E-state index in [9.17, 15) is 9.59 Å². The van der Waals surface area contributed by atoms with Crippen LogP contribution in [0.5, 0.6) is 0 Å². The molecule has 0 aromatic carbocycles. The van der Waals surface area contributed by atoms with Gasteiger partial charge in [0.2, 0.25) is 17.7 Å². The molecule has 6 heterocycles. The summed E-state index contributed by atoms with van der Waals surface area (Å²) in [5.41, 5.74) is 2.80. The second kappa shape index (κ2) is 9.94. The number of carbonyl (C=O) groups is 2. The largest absolute Gasteiger partial charge is 0.424 e. The molecule has 3 aromatic heterocycles. The number of aromatic nitrogens is 4. The minimum Gasteiger partial charge on any atom is -0.424 e. The van der Waals surface area contributed by atoms with Gasteiger partial charge in [-0.15, -0.1) is 21.5 Å². The highest BCUT2D eigenvalue weighted by atomic mass is 32.1. The molecule has 1 unspecified atom stereocenters. The van der Waals surface area contributed by atoms with Crippen molar-refractivity contribution in [3.63, 3.8) is 0 Å². The number of rotatable bonds is 6. The Labute approximate surface area is 249 Å². The number of likely N-dealkylation sites (tertiary alicyclic amines) is 2. The van der Waals surface area contributed by atoms with E-state index in [0.29, 0.717) is 48.8 Å². The molecule has 0 N–H and O–H groups in total. The fourth-order valence-electron chi connectivity index (χ4n) is 7.00. The molecule has 4 aliphatic rings. The molecule has 3 aromatic rings. The van der Waals surface area contributed by atoms with Crippen LogP contribution in [0, 0.1) is 16.7 Å². The van der Waals surface area contributed by atoms with Gasteiger partial charge in [0.15, 0.2) is 0 Å². The van der Waals surface area contributed by atoms with Crippen LogP contribution in [-0.2, 0) is 14.9 Å². The van der Waals surface area contributed by atoms with Crippen LogP contribution in [0.15, 0.2) is 34.3 Å². The van der Waals surface area contributed by atoms with Gasteiger partial charge in [0.25, 0.3) is 5.91 Å². The summed E-state index contributed by atoms with van der Waals surface area (Å²) < 4.78 is 12.0. The molecule has 7 rings (SSSR count). The van der Waals surface area contributed by atoms with Crippen molar-refractivity contribution < 1.29 is 18.7 Å². The van der Waals surface area contributed by atoms with Crippen LogP contribution in [0.2, 0.25) is 0 Å². The summed E-state index contributed by atoms with van der Waals surface area (Å²) in [4.78, 5) is 40.2. The van der Waals surface area contributed by atoms with Crippen molar-refractivity contribution in [2.75, 3.05) is 39.4 Å². The van der Waals surface area contributed by atoms with Crippen molar-refractivity contribution in [2.45, 2.75) is 64.2 Å². The van der Waals surface area contributed by atoms with Crippen LogP contribution in [0.4, 0.5) is 0 Å². The molecule has 4 fully saturated rings. The predicted molar refractivity (Wildman–Crippen MR) is 155 cm³/mol. The number of nitrogens with zero attached hydrogens (tertiary/aromatic N) is 6. The Hall–Kier alpha value is -3.18. The van der Waals surface area contributed by atoms with E-state index >= 15 is 0 Å². The Kier molecular flexibility index (Phi) is 6.54. The smallest absolute Gasteiger partial charge is 0.265 e. The Balaban J connectivity index is 1.14. The number of hydrogen-bond donors (Lipinski definition) is 0. The fourth-order valence-corrected chi connectivity index (χ4v) is 7.58. The van der Waals surface area contributed by atoms with Crippen LogP contribution in [-0.4, -0.2) is 81.2 Å². The molecule has 1 saturated carbocycles. The van der Waals surface area contributed by atoms with Gasteiger partial charge in [-0.2, -0.15) is 0 Å². The van der Waals surface area contributed by atoms with E-state index in [0.717, 1.165) is 43.9 Å². The third-order valence-electron chi connectivity index (χ3n) is 10.0. The SMILES string of the molecule is CC(C)(c1cccc(C2CCOCC2)n1)c1nnc(C2CN(C(=O)c3cncs3)CC23CN(C(=O)[C@H]2CC2(C)C)C3)o1. The summed E-state index contributed by atoms with van der Waals surface area (Å²) in [7, 11) is 0. The Bertz CT molecular complexity index is 1490. The van der Waals surface area contributed by atoms with Gasteiger partial charge in [-0.3, -0.25) is 19.6 Å². The number of ether oxygens (including phenoxy) is 1. The first-order valence-electron chi connectivity index (χ1n) is 14.9. The Morgan fingerprint density at radius 2 is 1.81 bits per heavy atom. The second-order valence-corrected chi connectivity index (χ2v) is 14.7. The number of pyridine rings is 1. The van der Waals surface area contributed by atoms with E-state index in [4.69, 9.17) is 14.1 Å². The highest BCUT2D eigenvalue weighted by Crippen LogP contribution is 2.56. The lowest BCUT2D eigenvalue weighted by atomic mass is 9.71. The van der Waals surface area contributed by atoms with Gasteiger partial charge < -0.3 is 19.0 Å². The van der Waals surface area contributed by atoms with E-state index in [1.165, 1.54) is 11.3 Å². The summed E-state index contributed by atoms with van der Waals surface area (Å²) in [5.74, 6) is 1.52. The second-order valence-electron chi connectivity index (χ2n) is 13.8. The van der Waals surface area contributed by atoms with E-state index < -0.39 is 5.41 Å². The molecule has 1 spiro atoms. The van der Waals surface area contributed by atoms with Crippen LogP contribution >= 0.6 is 11.3 Å². The quantitative estimate of drug-likeness (QED) is 0.419. The maximum atomic E-state index is 13.4. The lowest BCUT2D eigenvalue weighted by molar-refractivity contribution is -0.146. The van der Waals surface area contributed by atoms with Gasteiger partial charge in [0.1, 0.15) is 4.88 Å². The average molecular weight is 591 g/mol. The van der Waals surface area contributed by atoms with Crippen molar-refractivity contribution in [1.82, 2.24) is 30.0 Å². The van der Waals surface area contributed by atoms with Crippen molar-refractivity contribution >= 4 is 23.2 Å². The molecule has 42 heavy (non-hydrogen) atoms. The molecular formula is C31H38N6O4S. The molecule has 1 aliphatic carbocycles. The zero-order valence-electron chi connectivity index (χ0n) is 24.7. The molecule has 11 heteroatoms. The molecule has 3 saturated heterocycles. The monoisotopic (exact) mass is 590 g/mol. The van der Waals surface area contributed by atoms with Crippen molar-refractivity contribution in [3.05, 3.63) is 58.0 Å². The molecule has 222 valence electrons. The summed E-state index contributed by atoms with van der Waals surface area (Å²) in [5, 5.41) is 9.10. The fraction of sp³-hybridized carbons (Fsp3) is 0.613.